The molecule has 1 aromatic rings. The van der Waals surface area contributed by atoms with E-state index in [9.17, 15) is 4.79 Å². The summed E-state index contributed by atoms with van der Waals surface area (Å²) in [5.41, 5.74) is 0.114. The molecule has 0 bridgehead atoms. The van der Waals surface area contributed by atoms with Crippen LogP contribution in [-0.2, 0) is 14.0 Å². The zero-order chi connectivity index (χ0) is 18.3. The third-order valence-electron chi connectivity index (χ3n) is 4.18. The fourth-order valence-corrected chi connectivity index (χ4v) is 2.25. The molecule has 1 amide bonds. The van der Waals surface area contributed by atoms with Crippen molar-refractivity contribution < 1.29 is 18.8 Å². The number of nitrogens with zero attached hydrogens (tertiary/aromatic N) is 1. The number of amides is 1. The molecule has 0 saturated carbocycles. The van der Waals surface area contributed by atoms with Gasteiger partial charge in [0.25, 0.3) is 0 Å². The van der Waals surface area contributed by atoms with Crippen molar-refractivity contribution >= 4 is 24.5 Å². The maximum Gasteiger partial charge on any atom is 0.498 e. The number of nitrogens with one attached hydrogen (secondary N) is 1. The average Bonchev–Trinajstić information content (AvgIpc) is 2.58. The summed E-state index contributed by atoms with van der Waals surface area (Å²) in [6, 6.07) is 1.90. The van der Waals surface area contributed by atoms with E-state index in [1.165, 1.54) is 0 Å². The van der Waals surface area contributed by atoms with Crippen LogP contribution >= 0.6 is 0 Å². The van der Waals surface area contributed by atoms with Crippen molar-refractivity contribution in [3.05, 3.63) is 17.8 Å². The Kier molecular flexibility index (Phi) is 4.72. The molecule has 0 aliphatic carbocycles. The molecule has 1 N–H and O–H groups in total. The standard InChI is InChI=1S/C17H27BN2O4/c1-11-9-12(18-23-16(5,6)17(7,8)24-18)13(19-10-11)20-14(21)22-15(2,3)4/h9-10H,1-8H3,(H,19,20,21). The van der Waals surface area contributed by atoms with Gasteiger partial charge in [0, 0.05) is 11.7 Å². The van der Waals surface area contributed by atoms with Crippen molar-refractivity contribution in [2.45, 2.75) is 72.2 Å². The van der Waals surface area contributed by atoms with Gasteiger partial charge >= 0.3 is 13.2 Å². The highest BCUT2D eigenvalue weighted by Gasteiger charge is 2.52. The van der Waals surface area contributed by atoms with Gasteiger partial charge < -0.3 is 14.0 Å². The number of carbonyl (C=O) groups excluding carboxylic acids is 1. The van der Waals surface area contributed by atoms with Crippen LogP contribution in [0.15, 0.2) is 12.3 Å². The molecule has 0 aromatic carbocycles. The number of pyridine rings is 1. The molecule has 6 nitrogen and oxygen atoms in total. The summed E-state index contributed by atoms with van der Waals surface area (Å²) in [6.45, 7) is 15.3. The fraction of sp³-hybridized carbons (Fsp3) is 0.647. The molecule has 1 saturated heterocycles. The Morgan fingerprint density at radius 1 is 1.21 bits per heavy atom. The first-order valence-corrected chi connectivity index (χ1v) is 8.13. The highest BCUT2D eigenvalue weighted by Crippen LogP contribution is 2.36. The molecule has 0 atom stereocenters. The normalized spacial score (nSPS) is 19.2. The Morgan fingerprint density at radius 2 is 1.75 bits per heavy atom. The number of rotatable bonds is 2. The summed E-state index contributed by atoms with van der Waals surface area (Å²) in [5.74, 6) is 0.383. The molecule has 7 heteroatoms. The largest absolute Gasteiger partial charge is 0.498 e. The Bertz CT molecular complexity index is 622. The maximum atomic E-state index is 12.1. The van der Waals surface area contributed by atoms with Gasteiger partial charge in [-0.05, 0) is 61.0 Å². The van der Waals surface area contributed by atoms with Gasteiger partial charge in [0.1, 0.15) is 11.4 Å². The topological polar surface area (TPSA) is 69.7 Å². The van der Waals surface area contributed by atoms with Crippen LogP contribution in [-0.4, -0.2) is 35.0 Å². The van der Waals surface area contributed by atoms with Crippen molar-refractivity contribution in [1.29, 1.82) is 0 Å². The Labute approximate surface area is 144 Å². The van der Waals surface area contributed by atoms with Crippen LogP contribution in [0.4, 0.5) is 10.6 Å². The van der Waals surface area contributed by atoms with Crippen molar-refractivity contribution in [3.8, 4) is 0 Å². The van der Waals surface area contributed by atoms with Gasteiger partial charge in [0.2, 0.25) is 0 Å². The molecular formula is C17H27BN2O4. The first kappa shape index (κ1) is 18.7. The number of hydrogen-bond acceptors (Lipinski definition) is 5. The Hall–Kier alpha value is -1.60. The summed E-state index contributed by atoms with van der Waals surface area (Å²) in [7, 11) is -0.604. The van der Waals surface area contributed by atoms with Gasteiger partial charge in [-0.15, -0.1) is 0 Å². The maximum absolute atomic E-state index is 12.1. The van der Waals surface area contributed by atoms with Crippen LogP contribution in [0, 0.1) is 6.92 Å². The van der Waals surface area contributed by atoms with Crippen LogP contribution < -0.4 is 10.8 Å². The van der Waals surface area contributed by atoms with Gasteiger partial charge in [-0.25, -0.2) is 9.78 Å². The highest BCUT2D eigenvalue weighted by molar-refractivity contribution is 6.64. The molecule has 1 aliphatic heterocycles. The predicted octanol–water partition coefficient (Wildman–Crippen LogP) is 3.04. The first-order valence-electron chi connectivity index (χ1n) is 8.13. The van der Waals surface area contributed by atoms with E-state index in [1.54, 1.807) is 6.20 Å². The molecule has 1 fully saturated rings. The summed E-state index contributed by atoms with van der Waals surface area (Å²) in [6.07, 6.45) is 1.12. The lowest BCUT2D eigenvalue weighted by atomic mass is 9.78. The summed E-state index contributed by atoms with van der Waals surface area (Å²) in [4.78, 5) is 16.4. The third kappa shape index (κ3) is 4.08. The van der Waals surface area contributed by atoms with Crippen LogP contribution in [0.1, 0.15) is 54.0 Å². The summed E-state index contributed by atoms with van der Waals surface area (Å²) < 4.78 is 17.4. The van der Waals surface area contributed by atoms with Gasteiger partial charge in [-0.2, -0.15) is 0 Å². The van der Waals surface area contributed by atoms with Gasteiger partial charge in [-0.1, -0.05) is 6.07 Å². The van der Waals surface area contributed by atoms with Crippen LogP contribution in [0.3, 0.4) is 0 Å². The number of aryl methyl sites for hydroxylation is 1. The zero-order valence-corrected chi connectivity index (χ0v) is 15.8. The average molecular weight is 334 g/mol. The van der Waals surface area contributed by atoms with E-state index in [1.807, 2.05) is 61.5 Å². The summed E-state index contributed by atoms with van der Waals surface area (Å²) in [5, 5.41) is 2.69. The second-order valence-electron chi connectivity index (χ2n) is 8.17. The highest BCUT2D eigenvalue weighted by atomic mass is 16.7. The van der Waals surface area contributed by atoms with Gasteiger partial charge in [0.15, 0.2) is 0 Å². The van der Waals surface area contributed by atoms with E-state index in [0.717, 1.165) is 5.56 Å². The third-order valence-corrected chi connectivity index (χ3v) is 4.18. The van der Waals surface area contributed by atoms with Crippen LogP contribution in [0.2, 0.25) is 0 Å². The van der Waals surface area contributed by atoms with Crippen LogP contribution in [0.25, 0.3) is 0 Å². The van der Waals surface area contributed by atoms with Gasteiger partial charge in [-0.3, -0.25) is 5.32 Å². The van der Waals surface area contributed by atoms with E-state index in [4.69, 9.17) is 14.0 Å². The minimum Gasteiger partial charge on any atom is -0.444 e. The van der Waals surface area contributed by atoms with E-state index in [0.29, 0.717) is 11.3 Å². The lowest BCUT2D eigenvalue weighted by Gasteiger charge is -2.32. The molecule has 1 aromatic heterocycles. The van der Waals surface area contributed by atoms with E-state index in [2.05, 4.69) is 10.3 Å². The number of aromatic nitrogens is 1. The van der Waals surface area contributed by atoms with E-state index in [-0.39, 0.29) is 0 Å². The van der Waals surface area contributed by atoms with Crippen LogP contribution in [0.5, 0.6) is 0 Å². The number of carbonyl (C=O) groups is 1. The molecule has 2 heterocycles. The molecule has 24 heavy (non-hydrogen) atoms. The molecule has 1 aliphatic rings. The lowest BCUT2D eigenvalue weighted by molar-refractivity contribution is 0.00578. The molecule has 2 rings (SSSR count). The van der Waals surface area contributed by atoms with Crippen molar-refractivity contribution in [2.75, 3.05) is 5.32 Å². The molecule has 0 unspecified atom stereocenters. The van der Waals surface area contributed by atoms with E-state index >= 15 is 0 Å². The van der Waals surface area contributed by atoms with E-state index < -0.39 is 30.0 Å². The second-order valence-corrected chi connectivity index (χ2v) is 8.17. The van der Waals surface area contributed by atoms with Crippen molar-refractivity contribution in [3.63, 3.8) is 0 Å². The van der Waals surface area contributed by atoms with Gasteiger partial charge in [0.05, 0.1) is 11.2 Å². The zero-order valence-electron chi connectivity index (χ0n) is 15.8. The second kappa shape index (κ2) is 6.04. The number of ether oxygens (including phenoxy) is 1. The van der Waals surface area contributed by atoms with Crippen molar-refractivity contribution in [1.82, 2.24) is 4.98 Å². The first-order chi connectivity index (χ1) is 10.8. The number of hydrogen-bond donors (Lipinski definition) is 1. The minimum atomic E-state index is -0.604. The minimum absolute atomic E-state index is 0.383. The fourth-order valence-electron chi connectivity index (χ4n) is 2.25. The Morgan fingerprint density at radius 3 is 2.25 bits per heavy atom. The Balaban J connectivity index is 2.28. The quantitative estimate of drug-likeness (QED) is 0.842. The predicted molar refractivity (Wildman–Crippen MR) is 94.5 cm³/mol. The molecule has 0 spiro atoms. The molecular weight excluding hydrogens is 307 g/mol. The smallest absolute Gasteiger partial charge is 0.444 e. The molecule has 0 radical (unpaired) electrons. The molecule has 132 valence electrons. The lowest BCUT2D eigenvalue weighted by Crippen LogP contribution is -2.41. The number of anilines is 1. The summed E-state index contributed by atoms with van der Waals surface area (Å²) >= 11 is 0. The SMILES string of the molecule is Cc1cnc(NC(=O)OC(C)(C)C)c(B2OC(C)(C)C(C)(C)O2)c1. The van der Waals surface area contributed by atoms with Crippen molar-refractivity contribution in [2.24, 2.45) is 0 Å². The monoisotopic (exact) mass is 334 g/mol.